The van der Waals surface area contributed by atoms with Gasteiger partial charge in [0.1, 0.15) is 0 Å². The van der Waals surface area contributed by atoms with Crippen LogP contribution in [0.15, 0.2) is 24.3 Å². The van der Waals surface area contributed by atoms with E-state index >= 15 is 0 Å². The van der Waals surface area contributed by atoms with Gasteiger partial charge in [-0.3, -0.25) is 4.79 Å². The quantitative estimate of drug-likeness (QED) is 0.827. The molecule has 1 aliphatic carbocycles. The van der Waals surface area contributed by atoms with Crippen LogP contribution in [-0.2, 0) is 11.2 Å². The molecule has 2 N–H and O–H groups in total. The summed E-state index contributed by atoms with van der Waals surface area (Å²) in [6.45, 7) is 4.17. The second-order valence-corrected chi connectivity index (χ2v) is 7.20. The van der Waals surface area contributed by atoms with Crippen molar-refractivity contribution in [1.82, 2.24) is 10.2 Å². The van der Waals surface area contributed by atoms with Crippen molar-refractivity contribution in [1.29, 1.82) is 0 Å². The third-order valence-corrected chi connectivity index (χ3v) is 5.34. The third kappa shape index (κ3) is 5.48. The molecule has 1 saturated carbocycles. The first-order valence-corrected chi connectivity index (χ1v) is 9.22. The van der Waals surface area contributed by atoms with Gasteiger partial charge in [0.05, 0.1) is 5.92 Å². The monoisotopic (exact) mass is 346 g/mol. The Bertz CT molecular complexity index is 577. The second-order valence-electron chi connectivity index (χ2n) is 7.20. The number of carboxylic acids is 1. The number of hydrogen-bond acceptors (Lipinski definition) is 2. The number of carboxylic acid groups (broad SMARTS) is 1. The fourth-order valence-electron chi connectivity index (χ4n) is 3.48. The lowest BCUT2D eigenvalue weighted by atomic mass is 9.86. The van der Waals surface area contributed by atoms with E-state index < -0.39 is 5.97 Å². The summed E-state index contributed by atoms with van der Waals surface area (Å²) in [6, 6.07) is 8.62. The number of carbonyl (C=O) groups is 2. The van der Waals surface area contributed by atoms with Crippen LogP contribution in [0.4, 0.5) is 4.79 Å². The Morgan fingerprint density at radius 1 is 1.20 bits per heavy atom. The van der Waals surface area contributed by atoms with E-state index in [1.807, 2.05) is 7.05 Å². The molecule has 1 aliphatic rings. The summed E-state index contributed by atoms with van der Waals surface area (Å²) in [7, 11) is 1.85. The number of urea groups is 1. The van der Waals surface area contributed by atoms with Gasteiger partial charge in [-0.1, -0.05) is 36.8 Å². The maximum Gasteiger partial charge on any atom is 0.317 e. The van der Waals surface area contributed by atoms with Crippen molar-refractivity contribution in [3.63, 3.8) is 0 Å². The molecule has 0 radical (unpaired) electrons. The smallest absolute Gasteiger partial charge is 0.317 e. The van der Waals surface area contributed by atoms with E-state index in [4.69, 9.17) is 5.11 Å². The number of aliphatic carboxylic acids is 1. The molecule has 1 atom stereocenters. The lowest BCUT2D eigenvalue weighted by Gasteiger charge is -2.32. The fourth-order valence-corrected chi connectivity index (χ4v) is 3.48. The van der Waals surface area contributed by atoms with Gasteiger partial charge in [0, 0.05) is 19.1 Å². The van der Waals surface area contributed by atoms with Gasteiger partial charge in [-0.15, -0.1) is 0 Å². The second kappa shape index (κ2) is 8.88. The van der Waals surface area contributed by atoms with Crippen molar-refractivity contribution in [3.8, 4) is 0 Å². The Morgan fingerprint density at radius 2 is 1.80 bits per heavy atom. The van der Waals surface area contributed by atoms with E-state index in [0.717, 1.165) is 25.7 Å². The highest BCUT2D eigenvalue weighted by molar-refractivity contribution is 5.75. The Morgan fingerprint density at radius 3 is 2.32 bits per heavy atom. The first kappa shape index (κ1) is 19.3. The van der Waals surface area contributed by atoms with Gasteiger partial charge in [0.2, 0.25) is 0 Å². The molecule has 1 aromatic carbocycles. The maximum absolute atomic E-state index is 12.6. The van der Waals surface area contributed by atoms with Gasteiger partial charge >= 0.3 is 12.0 Å². The zero-order chi connectivity index (χ0) is 18.4. The van der Waals surface area contributed by atoms with Gasteiger partial charge < -0.3 is 15.3 Å². The van der Waals surface area contributed by atoms with Crippen LogP contribution < -0.4 is 5.32 Å². The van der Waals surface area contributed by atoms with Gasteiger partial charge in [-0.2, -0.15) is 0 Å². The molecule has 0 aromatic heterocycles. The maximum atomic E-state index is 12.6. The Labute approximate surface area is 150 Å². The van der Waals surface area contributed by atoms with Gasteiger partial charge in [0.15, 0.2) is 0 Å². The summed E-state index contributed by atoms with van der Waals surface area (Å²) in [5, 5.41) is 12.1. The molecule has 1 fully saturated rings. The van der Waals surface area contributed by atoms with Crippen molar-refractivity contribution >= 4 is 12.0 Å². The van der Waals surface area contributed by atoms with Crippen LogP contribution in [0, 0.1) is 12.8 Å². The molecule has 2 rings (SSSR count). The minimum atomic E-state index is -0.717. The van der Waals surface area contributed by atoms with Crippen molar-refractivity contribution in [2.24, 2.45) is 5.92 Å². The van der Waals surface area contributed by atoms with Gasteiger partial charge in [-0.25, -0.2) is 4.79 Å². The number of likely N-dealkylation sites (N-methyl/N-ethyl adjacent to an activating group) is 1. The summed E-state index contributed by atoms with van der Waals surface area (Å²) in [4.78, 5) is 25.4. The van der Waals surface area contributed by atoms with Crippen molar-refractivity contribution in [2.45, 2.75) is 64.5 Å². The Kier molecular flexibility index (Phi) is 6.85. The molecule has 0 heterocycles. The predicted octanol–water partition coefficient (Wildman–Crippen LogP) is 3.60. The van der Waals surface area contributed by atoms with Crippen LogP contribution >= 0.6 is 0 Å². The predicted molar refractivity (Wildman–Crippen MR) is 98.6 cm³/mol. The molecule has 0 saturated heterocycles. The standard InChI is InChI=1S/C20H30N2O3/c1-4-18(13-15-7-5-14(2)6-8-15)22(3)20(25)21-17-11-9-16(10-12-17)19(23)24/h5-8,16-18H,4,9-13H2,1-3H3,(H,21,25)(H,23,24). The van der Waals surface area contributed by atoms with Crippen molar-refractivity contribution in [3.05, 3.63) is 35.4 Å². The summed E-state index contributed by atoms with van der Waals surface area (Å²) >= 11 is 0. The highest BCUT2D eigenvalue weighted by Crippen LogP contribution is 2.24. The minimum absolute atomic E-state index is 0.0577. The Hall–Kier alpha value is -2.04. The van der Waals surface area contributed by atoms with Crippen LogP contribution in [0.25, 0.3) is 0 Å². The SMILES string of the molecule is CCC(Cc1ccc(C)cc1)N(C)C(=O)NC1CCC(C(=O)O)CC1. The number of hydrogen-bond donors (Lipinski definition) is 2. The molecular weight excluding hydrogens is 316 g/mol. The topological polar surface area (TPSA) is 69.6 Å². The van der Waals surface area contributed by atoms with E-state index in [-0.39, 0.29) is 24.0 Å². The average Bonchev–Trinajstić information content (AvgIpc) is 2.61. The highest BCUT2D eigenvalue weighted by atomic mass is 16.4. The molecule has 5 heteroatoms. The number of amides is 2. The summed E-state index contributed by atoms with van der Waals surface area (Å²) in [5.41, 5.74) is 2.47. The van der Waals surface area contributed by atoms with Gasteiger partial charge in [-0.05, 0) is 51.0 Å². The van der Waals surface area contributed by atoms with Gasteiger partial charge in [0.25, 0.3) is 0 Å². The van der Waals surface area contributed by atoms with E-state index in [1.165, 1.54) is 11.1 Å². The number of benzene rings is 1. The molecule has 0 aliphatic heterocycles. The fraction of sp³-hybridized carbons (Fsp3) is 0.600. The molecule has 1 unspecified atom stereocenters. The Balaban J connectivity index is 1.87. The summed E-state index contributed by atoms with van der Waals surface area (Å²) in [5.74, 6) is -0.971. The van der Waals surface area contributed by atoms with Crippen LogP contribution in [-0.4, -0.2) is 41.1 Å². The summed E-state index contributed by atoms with van der Waals surface area (Å²) in [6.07, 6.45) is 4.50. The average molecular weight is 346 g/mol. The first-order chi connectivity index (χ1) is 11.9. The minimum Gasteiger partial charge on any atom is -0.481 e. The van der Waals surface area contributed by atoms with Crippen LogP contribution in [0.1, 0.15) is 50.2 Å². The van der Waals surface area contributed by atoms with Crippen molar-refractivity contribution in [2.75, 3.05) is 7.05 Å². The zero-order valence-corrected chi connectivity index (χ0v) is 15.5. The molecule has 1 aromatic rings. The normalized spacial score (nSPS) is 21.4. The number of nitrogens with one attached hydrogen (secondary N) is 1. The van der Waals surface area contributed by atoms with Crippen LogP contribution in [0.5, 0.6) is 0 Å². The lowest BCUT2D eigenvalue weighted by molar-refractivity contribution is -0.142. The number of aryl methyl sites for hydroxylation is 1. The molecule has 138 valence electrons. The van der Waals surface area contributed by atoms with Crippen LogP contribution in [0.3, 0.4) is 0 Å². The van der Waals surface area contributed by atoms with E-state index in [2.05, 4.69) is 43.4 Å². The molecular formula is C20H30N2O3. The molecule has 2 amide bonds. The molecule has 0 bridgehead atoms. The molecule has 5 nitrogen and oxygen atoms in total. The number of rotatable bonds is 6. The van der Waals surface area contributed by atoms with Crippen LogP contribution in [0.2, 0.25) is 0 Å². The molecule has 0 spiro atoms. The van der Waals surface area contributed by atoms with E-state index in [1.54, 1.807) is 4.90 Å². The van der Waals surface area contributed by atoms with Crippen molar-refractivity contribution < 1.29 is 14.7 Å². The summed E-state index contributed by atoms with van der Waals surface area (Å²) < 4.78 is 0. The number of carbonyl (C=O) groups excluding carboxylic acids is 1. The number of nitrogens with zero attached hydrogens (tertiary/aromatic N) is 1. The zero-order valence-electron chi connectivity index (χ0n) is 15.5. The van der Waals surface area contributed by atoms with E-state index in [0.29, 0.717) is 12.8 Å². The highest BCUT2D eigenvalue weighted by Gasteiger charge is 2.28. The van der Waals surface area contributed by atoms with E-state index in [9.17, 15) is 9.59 Å². The molecule has 25 heavy (non-hydrogen) atoms. The first-order valence-electron chi connectivity index (χ1n) is 9.22. The lowest BCUT2D eigenvalue weighted by Crippen LogP contribution is -2.48. The largest absolute Gasteiger partial charge is 0.481 e. The third-order valence-electron chi connectivity index (χ3n) is 5.34.